The number of rotatable bonds is 4. The van der Waals surface area contributed by atoms with Crippen molar-refractivity contribution < 1.29 is 8.83 Å². The Hall–Kier alpha value is -7.50. The molecule has 0 spiro atoms. The molecule has 0 saturated heterocycles. The van der Waals surface area contributed by atoms with E-state index >= 15 is 0 Å². The van der Waals surface area contributed by atoms with Crippen LogP contribution in [0.25, 0.3) is 87.3 Å². The second-order valence-corrected chi connectivity index (χ2v) is 14.6. The number of benzene rings is 9. The zero-order chi connectivity index (χ0) is 36.7. The molecule has 1 N–H and O–H groups in total. The van der Waals surface area contributed by atoms with Gasteiger partial charge in [0.25, 0.3) is 0 Å². The number of amidine groups is 2. The minimum Gasteiger partial charge on any atom is -0.456 e. The molecule has 5 heteroatoms. The molecule has 0 amide bonds. The van der Waals surface area contributed by atoms with Gasteiger partial charge in [-0.25, -0.2) is 9.98 Å². The number of nitrogens with zero attached hydrogens (tertiary/aromatic N) is 2. The monoisotopic (exact) mass is 717 g/mol. The summed E-state index contributed by atoms with van der Waals surface area (Å²) in [6.45, 7) is 0. The number of fused-ring (bicyclic) bond motifs is 10. The van der Waals surface area contributed by atoms with Crippen molar-refractivity contribution in [2.75, 3.05) is 0 Å². The van der Waals surface area contributed by atoms with E-state index in [0.29, 0.717) is 5.84 Å². The van der Waals surface area contributed by atoms with E-state index in [1.165, 1.54) is 26.9 Å². The Labute approximate surface area is 320 Å². The number of hydrogen-bond acceptors (Lipinski definition) is 5. The molecule has 0 bridgehead atoms. The van der Waals surface area contributed by atoms with Gasteiger partial charge in [-0.05, 0) is 91.5 Å². The highest BCUT2D eigenvalue weighted by molar-refractivity contribution is 6.23. The van der Waals surface area contributed by atoms with Gasteiger partial charge in [-0.2, -0.15) is 0 Å². The first-order valence-electron chi connectivity index (χ1n) is 18.9. The second kappa shape index (κ2) is 12.0. The van der Waals surface area contributed by atoms with Crippen LogP contribution in [0, 0.1) is 0 Å². The SMILES string of the molecule is c1ccc(C2=NC(c3cccc4oc5ccc(-c6cccc7oc8cc9ccccc9cc8c67)cc5c34)=NC(c3ccc4ccc5ccccc5c4c3)N2)cc1. The largest absolute Gasteiger partial charge is 0.456 e. The highest BCUT2D eigenvalue weighted by Gasteiger charge is 2.24. The lowest BCUT2D eigenvalue weighted by atomic mass is 9.96. The van der Waals surface area contributed by atoms with Crippen LogP contribution in [0.15, 0.2) is 195 Å². The molecule has 9 aromatic carbocycles. The van der Waals surface area contributed by atoms with Crippen molar-refractivity contribution >= 4 is 87.9 Å². The molecule has 1 unspecified atom stereocenters. The minimum atomic E-state index is -0.367. The molecule has 0 aliphatic carbocycles. The highest BCUT2D eigenvalue weighted by Crippen LogP contribution is 2.41. The maximum absolute atomic E-state index is 6.54. The van der Waals surface area contributed by atoms with Crippen molar-refractivity contribution in [1.82, 2.24) is 5.32 Å². The molecule has 5 nitrogen and oxygen atoms in total. The predicted octanol–water partition coefficient (Wildman–Crippen LogP) is 13.1. The highest BCUT2D eigenvalue weighted by atomic mass is 16.3. The molecule has 1 aliphatic rings. The van der Waals surface area contributed by atoms with E-state index in [2.05, 4.69) is 151 Å². The first-order valence-corrected chi connectivity index (χ1v) is 18.9. The van der Waals surface area contributed by atoms with Crippen molar-refractivity contribution in [3.05, 3.63) is 193 Å². The van der Waals surface area contributed by atoms with Gasteiger partial charge in [0, 0.05) is 32.7 Å². The van der Waals surface area contributed by atoms with E-state index in [1.807, 2.05) is 30.3 Å². The number of furan rings is 2. The van der Waals surface area contributed by atoms with Gasteiger partial charge in [0.2, 0.25) is 0 Å². The maximum atomic E-state index is 6.54. The molecule has 262 valence electrons. The molecule has 2 aromatic heterocycles. The molecule has 1 atom stereocenters. The molecular weight excluding hydrogens is 687 g/mol. The Bertz CT molecular complexity index is 3460. The van der Waals surface area contributed by atoms with Gasteiger partial charge in [0.05, 0.1) is 0 Å². The average molecular weight is 718 g/mol. The molecule has 0 saturated carbocycles. The fourth-order valence-electron chi connectivity index (χ4n) is 8.61. The summed E-state index contributed by atoms with van der Waals surface area (Å²) >= 11 is 0. The van der Waals surface area contributed by atoms with Gasteiger partial charge in [-0.15, -0.1) is 0 Å². The topological polar surface area (TPSA) is 63.0 Å². The zero-order valence-electron chi connectivity index (χ0n) is 30.0. The van der Waals surface area contributed by atoms with Crippen molar-refractivity contribution in [3.63, 3.8) is 0 Å². The molecule has 11 aromatic rings. The van der Waals surface area contributed by atoms with Crippen LogP contribution in [-0.2, 0) is 0 Å². The van der Waals surface area contributed by atoms with Crippen LogP contribution in [0.2, 0.25) is 0 Å². The molecule has 0 radical (unpaired) electrons. The van der Waals surface area contributed by atoms with Crippen LogP contribution in [-0.4, -0.2) is 11.7 Å². The maximum Gasteiger partial charge on any atom is 0.160 e. The molecule has 1 aliphatic heterocycles. The van der Waals surface area contributed by atoms with E-state index in [1.54, 1.807) is 0 Å². The average Bonchev–Trinajstić information content (AvgIpc) is 3.83. The third kappa shape index (κ3) is 4.81. The van der Waals surface area contributed by atoms with E-state index in [-0.39, 0.29) is 6.17 Å². The summed E-state index contributed by atoms with van der Waals surface area (Å²) in [5, 5.41) is 15.1. The molecule has 3 heterocycles. The van der Waals surface area contributed by atoms with Crippen molar-refractivity contribution in [1.29, 1.82) is 0 Å². The Morgan fingerprint density at radius 1 is 0.411 bits per heavy atom. The van der Waals surface area contributed by atoms with E-state index in [9.17, 15) is 0 Å². The third-order valence-corrected chi connectivity index (χ3v) is 11.3. The number of nitrogens with one attached hydrogen (secondary N) is 1. The lowest BCUT2D eigenvalue weighted by molar-refractivity contribution is 0.668. The second-order valence-electron chi connectivity index (χ2n) is 14.6. The van der Waals surface area contributed by atoms with Gasteiger partial charge in [0.1, 0.15) is 34.3 Å². The third-order valence-electron chi connectivity index (χ3n) is 11.3. The van der Waals surface area contributed by atoms with Crippen LogP contribution < -0.4 is 5.32 Å². The van der Waals surface area contributed by atoms with Gasteiger partial charge in [-0.3, -0.25) is 0 Å². The Morgan fingerprint density at radius 3 is 1.91 bits per heavy atom. The Kier molecular flexibility index (Phi) is 6.63. The molecule has 56 heavy (non-hydrogen) atoms. The molecule has 0 fully saturated rings. The van der Waals surface area contributed by atoms with E-state index in [0.717, 1.165) is 82.9 Å². The van der Waals surface area contributed by atoms with Crippen LogP contribution in [0.4, 0.5) is 0 Å². The summed E-state index contributed by atoms with van der Waals surface area (Å²) in [5.74, 6) is 1.43. The Balaban J connectivity index is 1.05. The van der Waals surface area contributed by atoms with E-state index < -0.39 is 0 Å². The standard InChI is InChI=1S/C51H31N3O2/c1-2-11-32(12-3-1)49-52-50(36-23-22-31-21-20-30-10-6-7-15-37(30)40(31)28-36)54-51(53-49)39-17-9-19-45-48(39)41-27-35(24-25-43(41)55-45)38-16-8-18-44-47(38)42-26-33-13-4-5-14-34(33)29-46(42)56-44/h1-29,50H,(H,52,53,54). The zero-order valence-corrected chi connectivity index (χ0v) is 30.0. The van der Waals surface area contributed by atoms with Crippen molar-refractivity contribution in [2.45, 2.75) is 6.17 Å². The minimum absolute atomic E-state index is 0.367. The summed E-state index contributed by atoms with van der Waals surface area (Å²) in [4.78, 5) is 10.6. The van der Waals surface area contributed by atoms with Gasteiger partial charge >= 0.3 is 0 Å². The lowest BCUT2D eigenvalue weighted by Gasteiger charge is -2.24. The summed E-state index contributed by atoms with van der Waals surface area (Å²) in [5.41, 5.74) is 8.52. The summed E-state index contributed by atoms with van der Waals surface area (Å²) < 4.78 is 13.0. The fourth-order valence-corrected chi connectivity index (χ4v) is 8.61. The van der Waals surface area contributed by atoms with Crippen molar-refractivity contribution in [3.8, 4) is 11.1 Å². The van der Waals surface area contributed by atoms with Gasteiger partial charge in [-0.1, -0.05) is 133 Å². The smallest absolute Gasteiger partial charge is 0.160 e. The number of hydrogen-bond donors (Lipinski definition) is 1. The lowest BCUT2D eigenvalue weighted by Crippen LogP contribution is -2.33. The van der Waals surface area contributed by atoms with Crippen LogP contribution >= 0.6 is 0 Å². The first-order chi connectivity index (χ1) is 27.7. The van der Waals surface area contributed by atoms with E-state index in [4.69, 9.17) is 18.8 Å². The fraction of sp³-hybridized carbons (Fsp3) is 0.0196. The first kappa shape index (κ1) is 30.9. The number of aliphatic imine (C=N–C) groups is 2. The summed E-state index contributed by atoms with van der Waals surface area (Å²) in [7, 11) is 0. The van der Waals surface area contributed by atoms with Gasteiger partial charge < -0.3 is 14.2 Å². The van der Waals surface area contributed by atoms with Crippen LogP contribution in [0.3, 0.4) is 0 Å². The molecular formula is C51H31N3O2. The van der Waals surface area contributed by atoms with Crippen molar-refractivity contribution in [2.24, 2.45) is 9.98 Å². The Morgan fingerprint density at radius 2 is 1.07 bits per heavy atom. The normalized spacial score (nSPS) is 14.6. The van der Waals surface area contributed by atoms with Crippen LogP contribution in [0.1, 0.15) is 22.9 Å². The van der Waals surface area contributed by atoms with Crippen LogP contribution in [0.5, 0.6) is 0 Å². The summed E-state index contributed by atoms with van der Waals surface area (Å²) in [6, 6.07) is 61.6. The van der Waals surface area contributed by atoms with Gasteiger partial charge in [0.15, 0.2) is 5.84 Å². The summed E-state index contributed by atoms with van der Waals surface area (Å²) in [6.07, 6.45) is -0.367. The quantitative estimate of drug-likeness (QED) is 0.184. The molecule has 12 rings (SSSR count). The predicted molar refractivity (Wildman–Crippen MR) is 231 cm³/mol.